The Morgan fingerprint density at radius 2 is 2.14 bits per heavy atom. The zero-order valence-electron chi connectivity index (χ0n) is 11.2. The molecule has 1 amide bonds. The molecule has 1 fully saturated rings. The second-order valence-corrected chi connectivity index (χ2v) is 4.68. The van der Waals surface area contributed by atoms with Crippen molar-refractivity contribution in [2.45, 2.75) is 25.2 Å². The molecule has 1 atom stereocenters. The van der Waals surface area contributed by atoms with E-state index in [1.54, 1.807) is 0 Å². The van der Waals surface area contributed by atoms with Crippen LogP contribution in [0.2, 0.25) is 0 Å². The van der Waals surface area contributed by atoms with E-state index in [0.717, 1.165) is 17.1 Å². The fourth-order valence-electron chi connectivity index (χ4n) is 1.80. The van der Waals surface area contributed by atoms with Crippen molar-refractivity contribution in [2.24, 2.45) is 0 Å². The van der Waals surface area contributed by atoms with Crippen molar-refractivity contribution in [1.29, 1.82) is 0 Å². The van der Waals surface area contributed by atoms with Crippen molar-refractivity contribution >= 4 is 5.91 Å². The lowest BCUT2D eigenvalue weighted by molar-refractivity contribution is -0.157. The number of rotatable bonds is 4. The molecule has 1 heterocycles. The summed E-state index contributed by atoms with van der Waals surface area (Å²) in [4.78, 5) is 11.7. The minimum atomic E-state index is -4.58. The molecule has 0 radical (unpaired) electrons. The summed E-state index contributed by atoms with van der Waals surface area (Å²) in [6, 6.07) is 2.29. The van der Waals surface area contributed by atoms with Crippen LogP contribution in [0.3, 0.4) is 0 Å². The van der Waals surface area contributed by atoms with Crippen molar-refractivity contribution in [3.8, 4) is 0 Å². The van der Waals surface area contributed by atoms with Crippen LogP contribution >= 0.6 is 0 Å². The van der Waals surface area contributed by atoms with Gasteiger partial charge in [-0.25, -0.2) is 9.82 Å². The maximum absolute atomic E-state index is 13.6. The highest BCUT2D eigenvalue weighted by atomic mass is 19.4. The van der Waals surface area contributed by atoms with Gasteiger partial charge in [0, 0.05) is 25.6 Å². The van der Waals surface area contributed by atoms with E-state index in [0.29, 0.717) is 19.1 Å². The minimum absolute atomic E-state index is 0.0391. The summed E-state index contributed by atoms with van der Waals surface area (Å²) in [6.07, 6.45) is -4.46. The van der Waals surface area contributed by atoms with E-state index < -0.39 is 23.7 Å². The standard InChI is InChI=1S/C13H14F4N2O2/c1-19(12(20)11-4-5-21-11)18-7-8-2-3-9(6-10(8)14)13(15,16)17/h2-3,6,11,18H,4-5,7H2,1H3/t11-/m1/s1. The number of nitrogens with zero attached hydrogens (tertiary/aromatic N) is 1. The van der Waals surface area contributed by atoms with Gasteiger partial charge in [0.2, 0.25) is 0 Å². The number of carbonyl (C=O) groups excluding carboxylic acids is 1. The summed E-state index contributed by atoms with van der Waals surface area (Å²) >= 11 is 0. The molecular formula is C13H14F4N2O2. The van der Waals surface area contributed by atoms with Crippen molar-refractivity contribution in [3.05, 3.63) is 35.1 Å². The van der Waals surface area contributed by atoms with Crippen molar-refractivity contribution in [2.75, 3.05) is 13.7 Å². The Hall–Kier alpha value is -1.67. The highest BCUT2D eigenvalue weighted by Crippen LogP contribution is 2.30. The van der Waals surface area contributed by atoms with Gasteiger partial charge in [-0.05, 0) is 12.1 Å². The molecule has 0 unspecified atom stereocenters. The molecular weight excluding hydrogens is 292 g/mol. The number of hydrogen-bond donors (Lipinski definition) is 1. The molecule has 4 nitrogen and oxygen atoms in total. The maximum Gasteiger partial charge on any atom is 0.416 e. The van der Waals surface area contributed by atoms with Crippen molar-refractivity contribution < 1.29 is 27.1 Å². The van der Waals surface area contributed by atoms with Crippen LogP contribution < -0.4 is 5.43 Å². The minimum Gasteiger partial charge on any atom is -0.368 e. The van der Waals surface area contributed by atoms with Gasteiger partial charge in [-0.15, -0.1) is 0 Å². The molecule has 21 heavy (non-hydrogen) atoms. The lowest BCUT2D eigenvalue weighted by atomic mass is 10.1. The quantitative estimate of drug-likeness (QED) is 0.684. The highest BCUT2D eigenvalue weighted by molar-refractivity contribution is 5.80. The molecule has 1 aliphatic rings. The first-order chi connectivity index (χ1) is 9.79. The Morgan fingerprint density at radius 3 is 2.62 bits per heavy atom. The lowest BCUT2D eigenvalue weighted by Crippen LogP contribution is -2.49. The van der Waals surface area contributed by atoms with E-state index in [4.69, 9.17) is 4.74 Å². The molecule has 1 N–H and O–H groups in total. The molecule has 0 aliphatic carbocycles. The molecule has 8 heteroatoms. The summed E-state index contributed by atoms with van der Waals surface area (Å²) in [7, 11) is 1.45. The molecule has 0 aromatic heterocycles. The highest BCUT2D eigenvalue weighted by Gasteiger charge is 2.31. The Balaban J connectivity index is 1.95. The lowest BCUT2D eigenvalue weighted by Gasteiger charge is -2.29. The fraction of sp³-hybridized carbons (Fsp3) is 0.462. The van der Waals surface area contributed by atoms with Gasteiger partial charge in [0.1, 0.15) is 11.9 Å². The van der Waals surface area contributed by atoms with Crippen LogP contribution in [0.4, 0.5) is 17.6 Å². The van der Waals surface area contributed by atoms with Gasteiger partial charge in [0.15, 0.2) is 0 Å². The molecule has 1 aliphatic heterocycles. The number of carbonyl (C=O) groups is 1. The third kappa shape index (κ3) is 3.70. The zero-order valence-corrected chi connectivity index (χ0v) is 11.2. The van der Waals surface area contributed by atoms with Gasteiger partial charge in [-0.3, -0.25) is 9.80 Å². The normalized spacial score (nSPS) is 18.2. The number of amides is 1. The van der Waals surface area contributed by atoms with Gasteiger partial charge >= 0.3 is 6.18 Å². The average molecular weight is 306 g/mol. The predicted molar refractivity (Wildman–Crippen MR) is 65.4 cm³/mol. The summed E-state index contributed by atoms with van der Waals surface area (Å²) in [5.41, 5.74) is 1.62. The number of hydrogen-bond acceptors (Lipinski definition) is 3. The number of ether oxygens (including phenoxy) is 1. The van der Waals surface area contributed by atoms with Crippen LogP contribution in [0.15, 0.2) is 18.2 Å². The summed E-state index contributed by atoms with van der Waals surface area (Å²) in [5, 5.41) is 1.15. The molecule has 1 saturated heterocycles. The van der Waals surface area contributed by atoms with Gasteiger partial charge in [-0.1, -0.05) is 6.07 Å². The number of hydrazine groups is 1. The second-order valence-electron chi connectivity index (χ2n) is 4.68. The Kier molecular flexibility index (Phi) is 4.48. The third-order valence-electron chi connectivity index (χ3n) is 3.19. The van der Waals surface area contributed by atoms with E-state index in [-0.39, 0.29) is 18.0 Å². The molecule has 116 valence electrons. The van der Waals surface area contributed by atoms with E-state index in [1.807, 2.05) is 0 Å². The van der Waals surface area contributed by atoms with Crippen LogP contribution in [0.1, 0.15) is 17.5 Å². The summed E-state index contributed by atoms with van der Waals surface area (Å²) < 4.78 is 55.8. The van der Waals surface area contributed by atoms with Crippen LogP contribution in [-0.4, -0.2) is 30.7 Å². The summed E-state index contributed by atoms with van der Waals surface area (Å²) in [5.74, 6) is -1.27. The van der Waals surface area contributed by atoms with Crippen LogP contribution in [0.25, 0.3) is 0 Å². The zero-order chi connectivity index (χ0) is 15.6. The number of alkyl halides is 3. The first kappa shape index (κ1) is 15.7. The smallest absolute Gasteiger partial charge is 0.368 e. The first-order valence-electron chi connectivity index (χ1n) is 6.27. The number of likely N-dealkylation sites (N-methyl/N-ethyl adjacent to an activating group) is 1. The van der Waals surface area contributed by atoms with E-state index in [2.05, 4.69) is 5.43 Å². The number of benzene rings is 1. The Morgan fingerprint density at radius 1 is 1.48 bits per heavy atom. The summed E-state index contributed by atoms with van der Waals surface area (Å²) in [6.45, 7) is 0.427. The second kappa shape index (κ2) is 5.98. The third-order valence-corrected chi connectivity index (χ3v) is 3.19. The molecule has 1 aromatic carbocycles. The Labute approximate surface area is 118 Å². The molecule has 0 spiro atoms. The largest absolute Gasteiger partial charge is 0.416 e. The van der Waals surface area contributed by atoms with Crippen LogP contribution in [-0.2, 0) is 22.3 Å². The monoisotopic (exact) mass is 306 g/mol. The van der Waals surface area contributed by atoms with E-state index in [1.165, 1.54) is 7.05 Å². The topological polar surface area (TPSA) is 41.6 Å². The molecule has 2 rings (SSSR count). The van der Waals surface area contributed by atoms with Gasteiger partial charge in [0.25, 0.3) is 5.91 Å². The van der Waals surface area contributed by atoms with E-state index in [9.17, 15) is 22.4 Å². The molecule has 0 bridgehead atoms. The average Bonchev–Trinajstić information content (AvgIpc) is 2.33. The maximum atomic E-state index is 13.6. The van der Waals surface area contributed by atoms with Gasteiger partial charge < -0.3 is 4.74 Å². The van der Waals surface area contributed by atoms with Crippen molar-refractivity contribution in [3.63, 3.8) is 0 Å². The van der Waals surface area contributed by atoms with E-state index >= 15 is 0 Å². The van der Waals surface area contributed by atoms with Gasteiger partial charge in [0.05, 0.1) is 12.2 Å². The molecule has 0 saturated carbocycles. The first-order valence-corrected chi connectivity index (χ1v) is 6.27. The molecule has 1 aromatic rings. The number of nitrogens with one attached hydrogen (secondary N) is 1. The van der Waals surface area contributed by atoms with Crippen molar-refractivity contribution in [1.82, 2.24) is 10.4 Å². The number of halogens is 4. The Bertz CT molecular complexity index is 529. The van der Waals surface area contributed by atoms with Crippen LogP contribution in [0.5, 0.6) is 0 Å². The fourth-order valence-corrected chi connectivity index (χ4v) is 1.80. The van der Waals surface area contributed by atoms with Gasteiger partial charge in [-0.2, -0.15) is 13.2 Å². The predicted octanol–water partition coefficient (Wildman–Crippen LogP) is 2.10. The van der Waals surface area contributed by atoms with Crippen LogP contribution in [0, 0.1) is 5.82 Å². The SMILES string of the molecule is CN(NCc1ccc(C(F)(F)F)cc1F)C(=O)[C@H]1CCO1.